The second-order valence-corrected chi connectivity index (χ2v) is 8.70. The lowest BCUT2D eigenvalue weighted by atomic mass is 9.85. The van der Waals surface area contributed by atoms with E-state index in [1.807, 2.05) is 19.1 Å². The maximum atomic E-state index is 12.3. The number of Topliss-reactive ketones (excluding diaryl/α,β-unsaturated/α-hetero) is 1. The topological polar surface area (TPSA) is 51.2 Å². The van der Waals surface area contributed by atoms with Crippen molar-refractivity contribution in [2.75, 3.05) is 6.26 Å². The Hall–Kier alpha value is -0.680. The summed E-state index contributed by atoms with van der Waals surface area (Å²) in [6.45, 7) is 1.97. The fraction of sp³-hybridized carbons (Fsp3) is 0.615. The van der Waals surface area contributed by atoms with E-state index in [-0.39, 0.29) is 17.0 Å². The highest BCUT2D eigenvalue weighted by molar-refractivity contribution is 7.91. The average molecular weight is 286 g/mol. The summed E-state index contributed by atoms with van der Waals surface area (Å²) in [5.74, 6) is 0.0120. The van der Waals surface area contributed by atoms with E-state index >= 15 is 0 Å². The maximum absolute atomic E-state index is 12.3. The molecule has 0 spiro atoms. The zero-order valence-electron chi connectivity index (χ0n) is 10.7. The lowest BCUT2D eigenvalue weighted by molar-refractivity contribution is 0.0895. The molecule has 1 aliphatic carbocycles. The molecule has 2 atom stereocenters. The molecule has 0 aliphatic heterocycles. The molecule has 0 amide bonds. The van der Waals surface area contributed by atoms with Crippen LogP contribution in [0.15, 0.2) is 12.1 Å². The molecule has 1 aromatic heterocycles. The molecule has 0 aromatic carbocycles. The summed E-state index contributed by atoms with van der Waals surface area (Å²) in [7, 11) is -3.02. The Morgan fingerprint density at radius 3 is 2.61 bits per heavy atom. The Morgan fingerprint density at radius 2 is 2.06 bits per heavy atom. The van der Waals surface area contributed by atoms with Crippen LogP contribution >= 0.6 is 11.3 Å². The quantitative estimate of drug-likeness (QED) is 0.803. The maximum Gasteiger partial charge on any atom is 0.175 e. The van der Waals surface area contributed by atoms with Crippen molar-refractivity contribution < 1.29 is 13.2 Å². The first-order chi connectivity index (χ1) is 8.38. The van der Waals surface area contributed by atoms with Crippen LogP contribution in [-0.2, 0) is 9.84 Å². The number of carbonyl (C=O) groups excluding carboxylic acids is 1. The van der Waals surface area contributed by atoms with Crippen molar-refractivity contribution in [2.24, 2.45) is 5.92 Å². The van der Waals surface area contributed by atoms with E-state index in [1.54, 1.807) is 0 Å². The molecule has 0 N–H and O–H groups in total. The van der Waals surface area contributed by atoms with Gasteiger partial charge in [-0.2, -0.15) is 0 Å². The number of aryl methyl sites for hydroxylation is 1. The van der Waals surface area contributed by atoms with Gasteiger partial charge >= 0.3 is 0 Å². The number of ketones is 1. The molecule has 1 aliphatic rings. The minimum atomic E-state index is -3.02. The molecule has 0 saturated heterocycles. The molecule has 0 radical (unpaired) electrons. The van der Waals surface area contributed by atoms with Crippen LogP contribution in [0, 0.1) is 12.8 Å². The van der Waals surface area contributed by atoms with Gasteiger partial charge in [0.15, 0.2) is 5.78 Å². The normalized spacial score (nSPS) is 25.0. The molecule has 2 unspecified atom stereocenters. The summed E-state index contributed by atoms with van der Waals surface area (Å²) < 4.78 is 23.2. The average Bonchev–Trinajstić information content (AvgIpc) is 2.74. The van der Waals surface area contributed by atoms with Crippen LogP contribution in [0.2, 0.25) is 0 Å². The van der Waals surface area contributed by atoms with Crippen LogP contribution in [0.25, 0.3) is 0 Å². The zero-order chi connectivity index (χ0) is 13.3. The minimum Gasteiger partial charge on any atom is -0.293 e. The van der Waals surface area contributed by atoms with Gasteiger partial charge < -0.3 is 0 Å². The second kappa shape index (κ2) is 5.13. The van der Waals surface area contributed by atoms with Gasteiger partial charge in [-0.25, -0.2) is 8.42 Å². The first-order valence-corrected chi connectivity index (χ1v) is 8.94. The minimum absolute atomic E-state index is 0.114. The van der Waals surface area contributed by atoms with Crippen LogP contribution in [0.5, 0.6) is 0 Å². The van der Waals surface area contributed by atoms with Gasteiger partial charge in [0, 0.05) is 17.1 Å². The van der Waals surface area contributed by atoms with Crippen LogP contribution in [0.4, 0.5) is 0 Å². The Labute approximate surface area is 112 Å². The number of hydrogen-bond acceptors (Lipinski definition) is 4. The molecule has 5 heteroatoms. The van der Waals surface area contributed by atoms with Gasteiger partial charge in [0.25, 0.3) is 0 Å². The number of carbonyl (C=O) groups is 1. The predicted molar refractivity (Wildman–Crippen MR) is 74.0 cm³/mol. The van der Waals surface area contributed by atoms with Gasteiger partial charge in [0.05, 0.1) is 10.1 Å². The summed E-state index contributed by atoms with van der Waals surface area (Å²) in [6, 6.07) is 3.79. The first kappa shape index (κ1) is 13.7. The summed E-state index contributed by atoms with van der Waals surface area (Å²) in [4.78, 5) is 14.2. The highest BCUT2D eigenvalue weighted by atomic mass is 32.2. The largest absolute Gasteiger partial charge is 0.293 e. The smallest absolute Gasteiger partial charge is 0.175 e. The van der Waals surface area contributed by atoms with E-state index in [4.69, 9.17) is 0 Å². The standard InChI is InChI=1S/C13H18O3S2/c1-9-6-7-12(17-9)13(14)10-4-3-5-11(8-10)18(2,15)16/h6-7,10-11H,3-5,8H2,1-2H3. The molecule has 0 bridgehead atoms. The van der Waals surface area contributed by atoms with Gasteiger partial charge in [0.2, 0.25) is 0 Å². The second-order valence-electron chi connectivity index (χ2n) is 5.09. The van der Waals surface area contributed by atoms with E-state index in [9.17, 15) is 13.2 Å². The van der Waals surface area contributed by atoms with E-state index in [0.29, 0.717) is 12.8 Å². The Morgan fingerprint density at radius 1 is 1.33 bits per heavy atom. The van der Waals surface area contributed by atoms with Crippen LogP contribution < -0.4 is 0 Å². The summed E-state index contributed by atoms with van der Waals surface area (Å²) in [6.07, 6.45) is 4.13. The highest BCUT2D eigenvalue weighted by Crippen LogP contribution is 2.32. The lowest BCUT2D eigenvalue weighted by Gasteiger charge is -2.26. The fourth-order valence-corrected chi connectivity index (χ4v) is 4.60. The number of sulfone groups is 1. The molecular weight excluding hydrogens is 268 g/mol. The van der Waals surface area contributed by atoms with Crippen LogP contribution in [0.3, 0.4) is 0 Å². The van der Waals surface area contributed by atoms with Crippen molar-refractivity contribution in [1.29, 1.82) is 0 Å². The van der Waals surface area contributed by atoms with E-state index < -0.39 is 9.84 Å². The van der Waals surface area contributed by atoms with Crippen molar-refractivity contribution in [3.63, 3.8) is 0 Å². The fourth-order valence-electron chi connectivity index (χ4n) is 2.54. The Bertz CT molecular complexity index is 542. The third-order valence-corrected chi connectivity index (χ3v) is 6.24. The van der Waals surface area contributed by atoms with Gasteiger partial charge in [-0.05, 0) is 38.3 Å². The SMILES string of the molecule is Cc1ccc(C(=O)C2CCCC(S(C)(=O)=O)C2)s1. The lowest BCUT2D eigenvalue weighted by Crippen LogP contribution is -2.30. The van der Waals surface area contributed by atoms with Crippen LogP contribution in [0.1, 0.15) is 40.2 Å². The van der Waals surface area contributed by atoms with E-state index in [1.165, 1.54) is 17.6 Å². The van der Waals surface area contributed by atoms with Crippen LogP contribution in [-0.4, -0.2) is 25.7 Å². The number of rotatable bonds is 3. The molecule has 1 fully saturated rings. The Balaban J connectivity index is 2.12. The Kier molecular flexibility index (Phi) is 3.92. The summed E-state index contributed by atoms with van der Waals surface area (Å²) in [5, 5.41) is -0.332. The zero-order valence-corrected chi connectivity index (χ0v) is 12.3. The van der Waals surface area contributed by atoms with Gasteiger partial charge in [-0.1, -0.05) is 6.42 Å². The van der Waals surface area contributed by atoms with E-state index in [2.05, 4.69) is 0 Å². The summed E-state index contributed by atoms with van der Waals surface area (Å²) in [5.41, 5.74) is 0. The molecular formula is C13H18O3S2. The number of thiophene rings is 1. The molecule has 3 nitrogen and oxygen atoms in total. The molecule has 1 aromatic rings. The molecule has 1 heterocycles. The van der Waals surface area contributed by atoms with Crippen molar-refractivity contribution in [2.45, 2.75) is 37.9 Å². The van der Waals surface area contributed by atoms with Crippen molar-refractivity contribution >= 4 is 27.0 Å². The van der Waals surface area contributed by atoms with Gasteiger partial charge in [0.1, 0.15) is 9.84 Å². The molecule has 2 rings (SSSR count). The summed E-state index contributed by atoms with van der Waals surface area (Å²) >= 11 is 1.50. The van der Waals surface area contributed by atoms with Crippen molar-refractivity contribution in [3.8, 4) is 0 Å². The molecule has 1 saturated carbocycles. The monoisotopic (exact) mass is 286 g/mol. The van der Waals surface area contributed by atoms with Gasteiger partial charge in [-0.15, -0.1) is 11.3 Å². The van der Waals surface area contributed by atoms with Crippen molar-refractivity contribution in [1.82, 2.24) is 0 Å². The third kappa shape index (κ3) is 3.01. The predicted octanol–water partition coefficient (Wildman–Crippen LogP) is 2.84. The van der Waals surface area contributed by atoms with Gasteiger partial charge in [-0.3, -0.25) is 4.79 Å². The highest BCUT2D eigenvalue weighted by Gasteiger charge is 2.33. The first-order valence-electron chi connectivity index (χ1n) is 6.17. The molecule has 100 valence electrons. The third-order valence-electron chi connectivity index (χ3n) is 3.59. The van der Waals surface area contributed by atoms with E-state index in [0.717, 1.165) is 22.6 Å². The number of hydrogen-bond donors (Lipinski definition) is 0. The van der Waals surface area contributed by atoms with Crippen molar-refractivity contribution in [3.05, 3.63) is 21.9 Å². The molecule has 18 heavy (non-hydrogen) atoms.